The Balaban J connectivity index is 1.88. The number of aromatic nitrogens is 3. The van der Waals surface area contributed by atoms with Gasteiger partial charge in [0.25, 0.3) is 0 Å². The molecule has 1 aromatic carbocycles. The highest BCUT2D eigenvalue weighted by Crippen LogP contribution is 2.45. The Hall–Kier alpha value is -2.28. The first-order valence-electron chi connectivity index (χ1n) is 9.18. The number of hydrogen-bond acceptors (Lipinski definition) is 6. The van der Waals surface area contributed by atoms with Gasteiger partial charge < -0.3 is 10.1 Å². The SMILES string of the molecule is CCSc1nc2n(n1)[C@@H](c1cccc(OC)c1)C1=C(CC(C)(C)CC1=O)N2. The molecule has 142 valence electrons. The van der Waals surface area contributed by atoms with Gasteiger partial charge in [0.1, 0.15) is 11.8 Å². The number of nitrogens with zero attached hydrogens (tertiary/aromatic N) is 3. The van der Waals surface area contributed by atoms with E-state index in [9.17, 15) is 4.79 Å². The van der Waals surface area contributed by atoms with Crippen molar-refractivity contribution in [2.24, 2.45) is 5.41 Å². The third-order valence-electron chi connectivity index (χ3n) is 5.00. The molecule has 0 radical (unpaired) electrons. The second kappa shape index (κ2) is 6.71. The molecule has 7 heteroatoms. The van der Waals surface area contributed by atoms with Gasteiger partial charge in [0.05, 0.1) is 7.11 Å². The minimum atomic E-state index is -0.284. The molecular formula is C20H24N4O2S. The van der Waals surface area contributed by atoms with Crippen LogP contribution in [0.4, 0.5) is 5.95 Å². The monoisotopic (exact) mass is 384 g/mol. The number of benzene rings is 1. The van der Waals surface area contributed by atoms with Crippen LogP contribution in [0.3, 0.4) is 0 Å². The van der Waals surface area contributed by atoms with Gasteiger partial charge in [-0.2, -0.15) is 4.98 Å². The van der Waals surface area contributed by atoms with Crippen LogP contribution in [0.2, 0.25) is 0 Å². The Kier molecular flexibility index (Phi) is 4.50. The van der Waals surface area contributed by atoms with Gasteiger partial charge in [-0.05, 0) is 35.3 Å². The summed E-state index contributed by atoms with van der Waals surface area (Å²) in [5.74, 6) is 2.53. The first-order chi connectivity index (χ1) is 12.9. The van der Waals surface area contributed by atoms with Crippen LogP contribution in [0.15, 0.2) is 40.7 Å². The van der Waals surface area contributed by atoms with Crippen molar-refractivity contribution in [3.63, 3.8) is 0 Å². The van der Waals surface area contributed by atoms with Crippen LogP contribution in [-0.4, -0.2) is 33.4 Å². The molecule has 2 aliphatic rings. The van der Waals surface area contributed by atoms with Crippen molar-refractivity contribution in [2.45, 2.75) is 44.8 Å². The molecule has 0 fully saturated rings. The number of rotatable bonds is 4. The molecule has 0 spiro atoms. The normalized spacial score (nSPS) is 20.7. The van der Waals surface area contributed by atoms with Crippen LogP contribution in [0.1, 0.15) is 45.2 Å². The molecule has 1 atom stereocenters. The third-order valence-corrected chi connectivity index (χ3v) is 5.72. The van der Waals surface area contributed by atoms with E-state index in [4.69, 9.17) is 9.84 Å². The zero-order valence-corrected chi connectivity index (χ0v) is 16.9. The highest BCUT2D eigenvalue weighted by Gasteiger charge is 2.41. The molecule has 27 heavy (non-hydrogen) atoms. The van der Waals surface area contributed by atoms with Gasteiger partial charge in [-0.25, -0.2) is 4.68 Å². The van der Waals surface area contributed by atoms with Crippen molar-refractivity contribution in [2.75, 3.05) is 18.2 Å². The van der Waals surface area contributed by atoms with Gasteiger partial charge in [0, 0.05) is 17.7 Å². The van der Waals surface area contributed by atoms with Crippen molar-refractivity contribution in [1.29, 1.82) is 0 Å². The number of hydrogen-bond donors (Lipinski definition) is 1. The maximum atomic E-state index is 13.1. The fraction of sp³-hybridized carbons (Fsp3) is 0.450. The van der Waals surface area contributed by atoms with E-state index in [-0.39, 0.29) is 17.2 Å². The molecule has 6 nitrogen and oxygen atoms in total. The number of Topliss-reactive ketones (excluding diaryl/α,β-unsaturated/α-hetero) is 1. The summed E-state index contributed by atoms with van der Waals surface area (Å²) in [7, 11) is 1.65. The molecule has 0 amide bonds. The summed E-state index contributed by atoms with van der Waals surface area (Å²) in [4.78, 5) is 17.8. The molecule has 1 N–H and O–H groups in total. The topological polar surface area (TPSA) is 69.0 Å². The second-order valence-corrected chi connectivity index (χ2v) is 8.96. The predicted molar refractivity (Wildman–Crippen MR) is 106 cm³/mol. The highest BCUT2D eigenvalue weighted by atomic mass is 32.2. The third kappa shape index (κ3) is 3.25. The molecule has 1 aliphatic heterocycles. The van der Waals surface area contributed by atoms with Crippen molar-refractivity contribution in [3.05, 3.63) is 41.1 Å². The van der Waals surface area contributed by atoms with Crippen molar-refractivity contribution in [1.82, 2.24) is 14.8 Å². The van der Waals surface area contributed by atoms with E-state index in [1.54, 1.807) is 18.9 Å². The van der Waals surface area contributed by atoms with Crippen molar-refractivity contribution < 1.29 is 9.53 Å². The lowest BCUT2D eigenvalue weighted by Crippen LogP contribution is -2.36. The molecule has 2 aromatic rings. The quantitative estimate of drug-likeness (QED) is 0.802. The molecule has 0 saturated heterocycles. The number of ether oxygens (including phenoxy) is 1. The van der Waals surface area contributed by atoms with Crippen molar-refractivity contribution >= 4 is 23.5 Å². The summed E-state index contributed by atoms with van der Waals surface area (Å²) < 4.78 is 7.26. The largest absolute Gasteiger partial charge is 0.497 e. The van der Waals surface area contributed by atoms with Gasteiger partial charge in [0.15, 0.2) is 5.78 Å². The molecule has 2 heterocycles. The average molecular weight is 385 g/mol. The number of nitrogens with one attached hydrogen (secondary N) is 1. The zero-order chi connectivity index (χ0) is 19.2. The average Bonchev–Trinajstić information content (AvgIpc) is 3.01. The lowest BCUT2D eigenvalue weighted by atomic mass is 9.73. The van der Waals surface area contributed by atoms with Crippen LogP contribution in [0.5, 0.6) is 5.75 Å². The van der Waals surface area contributed by atoms with E-state index < -0.39 is 0 Å². The number of fused-ring (bicyclic) bond motifs is 1. The molecule has 1 aliphatic carbocycles. The fourth-order valence-electron chi connectivity index (χ4n) is 3.90. The maximum absolute atomic E-state index is 13.1. The minimum Gasteiger partial charge on any atom is -0.497 e. The summed E-state index contributed by atoms with van der Waals surface area (Å²) in [6.07, 6.45) is 1.35. The number of anilines is 1. The summed E-state index contributed by atoms with van der Waals surface area (Å²) in [5, 5.41) is 8.81. The van der Waals surface area contributed by atoms with E-state index in [1.165, 1.54) is 0 Å². The standard InChI is InChI=1S/C20H24N4O2S/c1-5-27-19-22-18-21-14-10-20(2,3)11-15(25)16(14)17(24(18)23-19)12-7-6-8-13(9-12)26-4/h6-9,17H,5,10-11H2,1-4H3,(H,21,22,23)/t17-/m0/s1. The van der Waals surface area contributed by atoms with Crippen LogP contribution in [-0.2, 0) is 4.79 Å². The number of ketones is 1. The van der Waals surface area contributed by atoms with E-state index in [1.807, 2.05) is 28.9 Å². The lowest BCUT2D eigenvalue weighted by Gasteiger charge is -2.38. The van der Waals surface area contributed by atoms with E-state index in [0.29, 0.717) is 12.4 Å². The Morgan fingerprint density at radius 1 is 1.37 bits per heavy atom. The first kappa shape index (κ1) is 18.1. The zero-order valence-electron chi connectivity index (χ0n) is 16.1. The van der Waals surface area contributed by atoms with E-state index in [0.717, 1.165) is 39.9 Å². The molecule has 0 unspecified atom stereocenters. The highest BCUT2D eigenvalue weighted by molar-refractivity contribution is 7.99. The van der Waals surface area contributed by atoms with Crippen LogP contribution >= 0.6 is 11.8 Å². The Bertz CT molecular complexity index is 932. The Morgan fingerprint density at radius 2 is 2.19 bits per heavy atom. The smallest absolute Gasteiger partial charge is 0.227 e. The van der Waals surface area contributed by atoms with Crippen LogP contribution < -0.4 is 10.1 Å². The van der Waals surface area contributed by atoms with E-state index >= 15 is 0 Å². The van der Waals surface area contributed by atoms with Gasteiger partial charge in [0.2, 0.25) is 11.1 Å². The van der Waals surface area contributed by atoms with Crippen molar-refractivity contribution in [3.8, 4) is 5.75 Å². The van der Waals surface area contributed by atoms with Crippen LogP contribution in [0, 0.1) is 5.41 Å². The predicted octanol–water partition coefficient (Wildman–Crippen LogP) is 4.06. The van der Waals surface area contributed by atoms with E-state index in [2.05, 4.69) is 31.1 Å². The lowest BCUT2D eigenvalue weighted by molar-refractivity contribution is -0.118. The van der Waals surface area contributed by atoms with Gasteiger partial charge in [-0.3, -0.25) is 4.79 Å². The number of methoxy groups -OCH3 is 1. The molecular weight excluding hydrogens is 360 g/mol. The number of thioether (sulfide) groups is 1. The van der Waals surface area contributed by atoms with Crippen LogP contribution in [0.25, 0.3) is 0 Å². The number of allylic oxidation sites excluding steroid dienone is 2. The Morgan fingerprint density at radius 3 is 2.93 bits per heavy atom. The first-order valence-corrected chi connectivity index (χ1v) is 10.2. The minimum absolute atomic E-state index is 0.0644. The summed E-state index contributed by atoms with van der Waals surface area (Å²) >= 11 is 1.60. The summed E-state index contributed by atoms with van der Waals surface area (Å²) in [6, 6.07) is 7.58. The molecule has 1 aromatic heterocycles. The molecule has 4 rings (SSSR count). The second-order valence-electron chi connectivity index (χ2n) is 7.73. The van der Waals surface area contributed by atoms with Gasteiger partial charge >= 0.3 is 0 Å². The summed E-state index contributed by atoms with van der Waals surface area (Å²) in [6.45, 7) is 6.34. The van der Waals surface area contributed by atoms with Gasteiger partial charge in [-0.15, -0.1) is 5.10 Å². The summed E-state index contributed by atoms with van der Waals surface area (Å²) in [5.41, 5.74) is 2.69. The molecule has 0 bridgehead atoms. The molecule has 0 saturated carbocycles. The fourth-order valence-corrected chi connectivity index (χ4v) is 4.45. The maximum Gasteiger partial charge on any atom is 0.227 e. The number of carbonyl (C=O) groups excluding carboxylic acids is 1. The van der Waals surface area contributed by atoms with Gasteiger partial charge in [-0.1, -0.05) is 44.7 Å². The Labute approximate surface area is 163 Å². The number of carbonyl (C=O) groups is 1.